The molecule has 1 aliphatic heterocycles. The summed E-state index contributed by atoms with van der Waals surface area (Å²) in [5.41, 5.74) is 5.52. The average Bonchev–Trinajstić information content (AvgIpc) is 2.81. The fourth-order valence-corrected chi connectivity index (χ4v) is 3.70. The molecule has 1 fully saturated rings. The number of hydrogen-bond acceptors (Lipinski definition) is 7. The first-order valence-electron chi connectivity index (χ1n) is 11.3. The molecular weight excluding hydrogens is 455 g/mol. The zero-order valence-corrected chi connectivity index (χ0v) is 20.1. The van der Waals surface area contributed by atoms with Crippen LogP contribution >= 0.6 is 0 Å². The molecule has 1 saturated heterocycles. The van der Waals surface area contributed by atoms with Crippen LogP contribution in [0.25, 0.3) is 11.1 Å². The predicted octanol–water partition coefficient (Wildman–Crippen LogP) is 3.07. The second-order valence-corrected chi connectivity index (χ2v) is 9.44. The molecule has 2 heterocycles. The minimum Gasteiger partial charge on any atom is -0.463 e. The zero-order valence-electron chi connectivity index (χ0n) is 20.1. The van der Waals surface area contributed by atoms with Crippen molar-refractivity contribution in [3.63, 3.8) is 0 Å². The van der Waals surface area contributed by atoms with Crippen LogP contribution in [0.5, 0.6) is 6.01 Å². The number of aromatic nitrogens is 2. The van der Waals surface area contributed by atoms with Crippen molar-refractivity contribution in [1.29, 1.82) is 5.41 Å². The van der Waals surface area contributed by atoms with Gasteiger partial charge in [0.25, 0.3) is 0 Å². The molecule has 11 heteroatoms. The quantitative estimate of drug-likeness (QED) is 0.420. The Bertz CT molecular complexity index is 1060. The van der Waals surface area contributed by atoms with Crippen molar-refractivity contribution in [2.75, 3.05) is 19.7 Å². The number of carbonyl (C=O) groups is 2. The third-order valence-corrected chi connectivity index (χ3v) is 5.60. The number of piperidine rings is 1. The first-order valence-corrected chi connectivity index (χ1v) is 11.3. The van der Waals surface area contributed by atoms with Crippen molar-refractivity contribution in [2.24, 2.45) is 17.1 Å². The van der Waals surface area contributed by atoms with Crippen LogP contribution in [0.2, 0.25) is 0 Å². The van der Waals surface area contributed by atoms with Gasteiger partial charge >= 0.3 is 12.1 Å². The van der Waals surface area contributed by atoms with Crippen LogP contribution in [-0.4, -0.2) is 52.5 Å². The smallest absolute Gasteiger partial charge is 0.414 e. The molecule has 1 aromatic carbocycles. The Morgan fingerprint density at radius 2 is 1.89 bits per heavy atom. The van der Waals surface area contributed by atoms with Gasteiger partial charge in [0, 0.05) is 47.6 Å². The first kappa shape index (κ1) is 25.9. The molecular formula is C24H31FN6O4. The standard InChI is InChI=1S/C24H31FN6O4/c1-24(2,3)20(32)31-9-7-15(8-10-31)13-34-22-28-11-17(12-29-22)18-6-4-5-16(19(18)25)14-35-23(33)30-21(26)27/h4-6,11-12,15H,7-10,13-14H2,1-3H3,(H4,26,27,30,33). The van der Waals surface area contributed by atoms with Crippen LogP contribution in [0, 0.1) is 22.6 Å². The number of rotatable bonds is 6. The van der Waals surface area contributed by atoms with Gasteiger partial charge in [-0.1, -0.05) is 39.0 Å². The second-order valence-electron chi connectivity index (χ2n) is 9.44. The lowest BCUT2D eigenvalue weighted by molar-refractivity contribution is -0.141. The predicted molar refractivity (Wildman–Crippen MR) is 127 cm³/mol. The maximum Gasteiger partial charge on any atom is 0.414 e. The Kier molecular flexibility index (Phi) is 8.21. The number of likely N-dealkylation sites (tertiary alicyclic amines) is 1. The SMILES string of the molecule is CC(C)(C)C(=O)N1CCC(COc2ncc(-c3cccc(COC(=O)NC(=N)N)c3F)cn2)CC1. The van der Waals surface area contributed by atoms with Gasteiger partial charge in [-0.25, -0.2) is 19.2 Å². The lowest BCUT2D eigenvalue weighted by Gasteiger charge is -2.35. The lowest BCUT2D eigenvalue weighted by atomic mass is 9.91. The Morgan fingerprint density at radius 1 is 1.23 bits per heavy atom. The summed E-state index contributed by atoms with van der Waals surface area (Å²) in [4.78, 5) is 34.2. The van der Waals surface area contributed by atoms with E-state index in [1.165, 1.54) is 18.5 Å². The normalized spacial score (nSPS) is 14.3. The number of amides is 2. The number of alkyl carbamates (subject to hydrolysis) is 1. The summed E-state index contributed by atoms with van der Waals surface area (Å²) in [5.74, 6) is -0.670. The van der Waals surface area contributed by atoms with Crippen LogP contribution in [0.15, 0.2) is 30.6 Å². The van der Waals surface area contributed by atoms with E-state index in [9.17, 15) is 14.0 Å². The zero-order chi connectivity index (χ0) is 25.6. The molecule has 188 valence electrons. The first-order chi connectivity index (χ1) is 16.5. The molecule has 0 radical (unpaired) electrons. The van der Waals surface area contributed by atoms with E-state index >= 15 is 0 Å². The Balaban J connectivity index is 1.54. The van der Waals surface area contributed by atoms with Crippen molar-refractivity contribution in [2.45, 2.75) is 40.2 Å². The highest BCUT2D eigenvalue weighted by Crippen LogP contribution is 2.26. The third-order valence-electron chi connectivity index (χ3n) is 5.60. The summed E-state index contributed by atoms with van der Waals surface area (Å²) >= 11 is 0. The fourth-order valence-electron chi connectivity index (χ4n) is 3.70. The molecule has 4 N–H and O–H groups in total. The molecule has 0 atom stereocenters. The minimum atomic E-state index is -0.946. The highest BCUT2D eigenvalue weighted by molar-refractivity contribution is 5.90. The van der Waals surface area contributed by atoms with E-state index in [-0.39, 0.29) is 35.1 Å². The summed E-state index contributed by atoms with van der Waals surface area (Å²) < 4.78 is 25.5. The molecule has 0 spiro atoms. The van der Waals surface area contributed by atoms with Crippen LogP contribution in [0.1, 0.15) is 39.2 Å². The number of nitrogens with one attached hydrogen (secondary N) is 2. The van der Waals surface area contributed by atoms with Gasteiger partial charge < -0.3 is 20.1 Å². The van der Waals surface area contributed by atoms with Gasteiger partial charge in [-0.05, 0) is 18.8 Å². The number of carbonyl (C=O) groups excluding carboxylic acids is 2. The number of nitrogens with two attached hydrogens (primary N) is 1. The molecule has 2 aromatic rings. The molecule has 0 unspecified atom stereocenters. The second kappa shape index (κ2) is 11.1. The number of nitrogens with zero attached hydrogens (tertiary/aromatic N) is 3. The van der Waals surface area contributed by atoms with E-state index in [4.69, 9.17) is 20.6 Å². The van der Waals surface area contributed by atoms with E-state index in [0.717, 1.165) is 12.8 Å². The molecule has 0 saturated carbocycles. The minimum absolute atomic E-state index is 0.151. The Labute approximate surface area is 203 Å². The molecule has 1 aromatic heterocycles. The summed E-state index contributed by atoms with van der Waals surface area (Å²) in [6.45, 7) is 7.31. The van der Waals surface area contributed by atoms with E-state index < -0.39 is 17.9 Å². The third kappa shape index (κ3) is 7.11. The van der Waals surface area contributed by atoms with Crippen molar-refractivity contribution < 1.29 is 23.5 Å². The van der Waals surface area contributed by atoms with Crippen molar-refractivity contribution in [3.05, 3.63) is 42.0 Å². The Hall–Kier alpha value is -3.76. The molecule has 2 amide bonds. The number of benzene rings is 1. The maximum absolute atomic E-state index is 14.9. The van der Waals surface area contributed by atoms with Crippen LogP contribution < -0.4 is 15.8 Å². The lowest BCUT2D eigenvalue weighted by Crippen LogP contribution is -2.44. The maximum atomic E-state index is 14.9. The number of halogens is 1. The highest BCUT2D eigenvalue weighted by Gasteiger charge is 2.30. The molecule has 35 heavy (non-hydrogen) atoms. The van der Waals surface area contributed by atoms with Gasteiger partial charge in [0.15, 0.2) is 5.96 Å². The van der Waals surface area contributed by atoms with Gasteiger partial charge in [-0.15, -0.1) is 0 Å². The van der Waals surface area contributed by atoms with Gasteiger partial charge in [-0.3, -0.25) is 15.5 Å². The van der Waals surface area contributed by atoms with Gasteiger partial charge in [-0.2, -0.15) is 0 Å². The molecule has 0 bridgehead atoms. The molecule has 1 aliphatic rings. The fraction of sp³-hybridized carbons (Fsp3) is 0.458. The summed E-state index contributed by atoms with van der Waals surface area (Å²) in [6, 6.07) is 4.88. The molecule has 0 aliphatic carbocycles. The van der Waals surface area contributed by atoms with E-state index in [2.05, 4.69) is 9.97 Å². The van der Waals surface area contributed by atoms with Gasteiger partial charge in [0.05, 0.1) is 6.61 Å². The van der Waals surface area contributed by atoms with Crippen LogP contribution in [0.4, 0.5) is 9.18 Å². The van der Waals surface area contributed by atoms with Crippen LogP contribution in [0.3, 0.4) is 0 Å². The van der Waals surface area contributed by atoms with Crippen molar-refractivity contribution >= 4 is 18.0 Å². The number of hydrogen-bond donors (Lipinski definition) is 3. The highest BCUT2D eigenvalue weighted by atomic mass is 19.1. The van der Waals surface area contributed by atoms with E-state index in [1.807, 2.05) is 31.0 Å². The molecule has 10 nitrogen and oxygen atoms in total. The summed E-state index contributed by atoms with van der Waals surface area (Å²) in [7, 11) is 0. The van der Waals surface area contributed by atoms with E-state index in [0.29, 0.717) is 31.2 Å². The van der Waals surface area contributed by atoms with Crippen LogP contribution in [-0.2, 0) is 16.1 Å². The van der Waals surface area contributed by atoms with Gasteiger partial charge in [0.2, 0.25) is 5.91 Å². The van der Waals surface area contributed by atoms with E-state index in [1.54, 1.807) is 12.1 Å². The largest absolute Gasteiger partial charge is 0.463 e. The number of guanidine groups is 1. The summed E-state index contributed by atoms with van der Waals surface area (Å²) in [6.07, 6.45) is 3.70. The van der Waals surface area contributed by atoms with Crippen molar-refractivity contribution in [1.82, 2.24) is 20.2 Å². The topological polar surface area (TPSA) is 144 Å². The average molecular weight is 487 g/mol. The Morgan fingerprint density at radius 3 is 2.49 bits per heavy atom. The van der Waals surface area contributed by atoms with Gasteiger partial charge in [0.1, 0.15) is 12.4 Å². The monoisotopic (exact) mass is 486 g/mol. The molecule has 3 rings (SSSR count). The number of ether oxygens (including phenoxy) is 2. The summed E-state index contributed by atoms with van der Waals surface area (Å²) in [5, 5.41) is 8.96. The van der Waals surface area contributed by atoms with Crippen molar-refractivity contribution in [3.8, 4) is 17.1 Å².